The molecule has 0 spiro atoms. The molecule has 108 valence electrons. The highest BCUT2D eigenvalue weighted by Gasteiger charge is 2.23. The first-order chi connectivity index (χ1) is 9.91. The molecule has 3 rings (SSSR count). The second kappa shape index (κ2) is 4.98. The molecule has 0 aliphatic carbocycles. The quantitative estimate of drug-likeness (QED) is 0.530. The van der Waals surface area contributed by atoms with Gasteiger partial charge in [0.15, 0.2) is 5.15 Å². The molecule has 0 atom stereocenters. The van der Waals surface area contributed by atoms with Crippen LogP contribution in [-0.4, -0.2) is 22.4 Å². The van der Waals surface area contributed by atoms with Crippen LogP contribution in [0.2, 0.25) is 10.4 Å². The summed E-state index contributed by atoms with van der Waals surface area (Å²) in [5.74, 6) is 0. The van der Waals surface area contributed by atoms with E-state index >= 15 is 0 Å². The zero-order valence-corrected chi connectivity index (χ0v) is 13.1. The van der Waals surface area contributed by atoms with Crippen LogP contribution in [0.25, 0.3) is 11.0 Å². The van der Waals surface area contributed by atoms with Crippen LogP contribution in [0.1, 0.15) is 5.56 Å². The molecule has 0 fully saturated rings. The summed E-state index contributed by atoms with van der Waals surface area (Å²) < 4.78 is 26.6. The lowest BCUT2D eigenvalue weighted by atomic mass is 10.2. The van der Waals surface area contributed by atoms with Crippen molar-refractivity contribution in [2.45, 2.75) is 11.8 Å². The van der Waals surface area contributed by atoms with E-state index in [9.17, 15) is 8.42 Å². The van der Waals surface area contributed by atoms with Crippen molar-refractivity contribution in [3.63, 3.8) is 0 Å². The Labute approximate surface area is 131 Å². The van der Waals surface area contributed by atoms with Crippen molar-refractivity contribution < 1.29 is 8.42 Å². The molecular weight excluding hydrogens is 333 g/mol. The SMILES string of the molecule is Cc1ccccc1S(=O)(=O)n1ccc2nc(Cl)nc(Cl)c21. The highest BCUT2D eigenvalue weighted by molar-refractivity contribution is 7.90. The monoisotopic (exact) mass is 341 g/mol. The molecule has 3 aromatic rings. The standard InChI is InChI=1S/C13H9Cl2N3O2S/c1-8-4-2-3-5-10(8)21(19,20)18-7-6-9-11(18)12(14)17-13(15)16-9/h2-7H,1H3. The molecule has 0 saturated carbocycles. The van der Waals surface area contributed by atoms with Crippen molar-refractivity contribution in [1.82, 2.24) is 13.9 Å². The Hall–Kier alpha value is -1.63. The van der Waals surface area contributed by atoms with E-state index in [0.717, 1.165) is 3.97 Å². The van der Waals surface area contributed by atoms with Gasteiger partial charge in [0, 0.05) is 6.20 Å². The molecule has 0 amide bonds. The molecule has 0 aliphatic heterocycles. The average molecular weight is 342 g/mol. The summed E-state index contributed by atoms with van der Waals surface area (Å²) in [5, 5.41) is -0.0364. The summed E-state index contributed by atoms with van der Waals surface area (Å²) in [5.41, 5.74) is 1.23. The van der Waals surface area contributed by atoms with Crippen molar-refractivity contribution >= 4 is 44.3 Å². The van der Waals surface area contributed by atoms with E-state index in [2.05, 4.69) is 9.97 Å². The van der Waals surface area contributed by atoms with Gasteiger partial charge in [0.05, 0.1) is 10.4 Å². The van der Waals surface area contributed by atoms with E-state index in [1.165, 1.54) is 12.3 Å². The maximum atomic E-state index is 12.8. The first-order valence-electron chi connectivity index (χ1n) is 5.92. The third kappa shape index (κ3) is 2.29. The van der Waals surface area contributed by atoms with E-state index in [1.807, 2.05) is 0 Å². The first kappa shape index (κ1) is 14.3. The molecule has 5 nitrogen and oxygen atoms in total. The third-order valence-electron chi connectivity index (χ3n) is 3.06. The Morgan fingerprint density at radius 2 is 1.81 bits per heavy atom. The number of hydrogen-bond acceptors (Lipinski definition) is 4. The molecule has 21 heavy (non-hydrogen) atoms. The van der Waals surface area contributed by atoms with Crippen molar-refractivity contribution in [3.05, 3.63) is 52.5 Å². The number of hydrogen-bond donors (Lipinski definition) is 0. The van der Waals surface area contributed by atoms with Crippen molar-refractivity contribution in [2.24, 2.45) is 0 Å². The van der Waals surface area contributed by atoms with Crippen LogP contribution < -0.4 is 0 Å². The van der Waals surface area contributed by atoms with Gasteiger partial charge < -0.3 is 0 Å². The largest absolute Gasteiger partial charge is 0.268 e. The summed E-state index contributed by atoms with van der Waals surface area (Å²) in [6, 6.07) is 8.25. The van der Waals surface area contributed by atoms with Crippen LogP contribution in [0, 0.1) is 6.92 Å². The minimum atomic E-state index is -3.78. The van der Waals surface area contributed by atoms with Gasteiger partial charge in [0.2, 0.25) is 5.28 Å². The van der Waals surface area contributed by atoms with Crippen LogP contribution in [0.3, 0.4) is 0 Å². The van der Waals surface area contributed by atoms with Crippen molar-refractivity contribution in [2.75, 3.05) is 0 Å². The van der Waals surface area contributed by atoms with E-state index in [1.54, 1.807) is 31.2 Å². The number of aryl methyl sites for hydroxylation is 1. The van der Waals surface area contributed by atoms with Crippen molar-refractivity contribution in [3.8, 4) is 0 Å². The zero-order chi connectivity index (χ0) is 15.2. The molecule has 0 unspecified atom stereocenters. The molecule has 0 radical (unpaired) electrons. The topological polar surface area (TPSA) is 64.8 Å². The van der Waals surface area contributed by atoms with E-state index in [0.29, 0.717) is 11.1 Å². The molecule has 2 heterocycles. The highest BCUT2D eigenvalue weighted by atomic mass is 35.5. The minimum absolute atomic E-state index is 0.00726. The maximum absolute atomic E-state index is 12.8. The molecular formula is C13H9Cl2N3O2S. The predicted molar refractivity (Wildman–Crippen MR) is 81.3 cm³/mol. The predicted octanol–water partition coefficient (Wildman–Crippen LogP) is 3.28. The normalized spacial score (nSPS) is 12.0. The van der Waals surface area contributed by atoms with E-state index < -0.39 is 10.0 Å². The van der Waals surface area contributed by atoms with Gasteiger partial charge in [-0.1, -0.05) is 29.8 Å². The second-order valence-electron chi connectivity index (χ2n) is 4.40. The fourth-order valence-electron chi connectivity index (χ4n) is 2.10. The van der Waals surface area contributed by atoms with Gasteiger partial charge in [-0.25, -0.2) is 22.4 Å². The summed E-state index contributed by atoms with van der Waals surface area (Å²) >= 11 is 11.7. The molecule has 0 N–H and O–H groups in total. The Balaban J connectivity index is 2.33. The van der Waals surface area contributed by atoms with Crippen molar-refractivity contribution in [1.29, 1.82) is 0 Å². The fraction of sp³-hybridized carbons (Fsp3) is 0.0769. The molecule has 2 aromatic heterocycles. The Kier molecular flexibility index (Phi) is 3.39. The number of fused-ring (bicyclic) bond motifs is 1. The van der Waals surface area contributed by atoms with Crippen LogP contribution in [-0.2, 0) is 10.0 Å². The molecule has 0 aliphatic rings. The van der Waals surface area contributed by atoms with Crippen LogP contribution in [0.5, 0.6) is 0 Å². The number of nitrogens with zero attached hydrogens (tertiary/aromatic N) is 3. The summed E-state index contributed by atoms with van der Waals surface area (Å²) in [6.45, 7) is 1.73. The number of rotatable bonds is 2. The van der Waals surface area contributed by atoms with Crippen LogP contribution >= 0.6 is 23.2 Å². The third-order valence-corrected chi connectivity index (χ3v) is 5.33. The fourth-order valence-corrected chi connectivity index (χ4v) is 4.22. The zero-order valence-electron chi connectivity index (χ0n) is 10.8. The molecule has 0 bridgehead atoms. The summed E-state index contributed by atoms with van der Waals surface area (Å²) in [7, 11) is -3.78. The summed E-state index contributed by atoms with van der Waals surface area (Å²) in [6.07, 6.45) is 1.39. The van der Waals surface area contributed by atoms with Gasteiger partial charge in [-0.15, -0.1) is 0 Å². The Morgan fingerprint density at radius 1 is 1.10 bits per heavy atom. The highest BCUT2D eigenvalue weighted by Crippen LogP contribution is 2.27. The second-order valence-corrected chi connectivity index (χ2v) is 6.88. The Morgan fingerprint density at radius 3 is 2.52 bits per heavy atom. The minimum Gasteiger partial charge on any atom is -0.236 e. The van der Waals surface area contributed by atoms with Gasteiger partial charge in [-0.05, 0) is 36.2 Å². The van der Waals surface area contributed by atoms with Gasteiger partial charge in [0.25, 0.3) is 10.0 Å². The lowest BCUT2D eigenvalue weighted by Gasteiger charge is -2.10. The summed E-state index contributed by atoms with van der Waals surface area (Å²) in [4.78, 5) is 7.97. The molecule has 8 heteroatoms. The van der Waals surface area contributed by atoms with Crippen LogP contribution in [0.15, 0.2) is 41.4 Å². The number of halogens is 2. The van der Waals surface area contributed by atoms with Gasteiger partial charge in [-0.2, -0.15) is 0 Å². The molecule has 1 aromatic carbocycles. The van der Waals surface area contributed by atoms with Gasteiger partial charge >= 0.3 is 0 Å². The number of aromatic nitrogens is 3. The molecule has 0 saturated heterocycles. The lowest BCUT2D eigenvalue weighted by molar-refractivity contribution is 0.588. The first-order valence-corrected chi connectivity index (χ1v) is 8.12. The smallest absolute Gasteiger partial charge is 0.236 e. The number of benzene rings is 1. The maximum Gasteiger partial charge on any atom is 0.268 e. The van der Waals surface area contributed by atoms with Gasteiger partial charge in [0.1, 0.15) is 5.52 Å². The van der Waals surface area contributed by atoms with E-state index in [4.69, 9.17) is 23.2 Å². The Bertz CT molecular complexity index is 951. The van der Waals surface area contributed by atoms with Crippen LogP contribution in [0.4, 0.5) is 0 Å². The van der Waals surface area contributed by atoms with E-state index in [-0.39, 0.29) is 20.8 Å². The average Bonchev–Trinajstić information content (AvgIpc) is 2.83. The lowest BCUT2D eigenvalue weighted by Crippen LogP contribution is -2.13. The van der Waals surface area contributed by atoms with Gasteiger partial charge in [-0.3, -0.25) is 0 Å².